The normalized spacial score (nSPS) is 11.6. The van der Waals surface area contributed by atoms with Crippen LogP contribution >= 0.6 is 14.3 Å². The van der Waals surface area contributed by atoms with Gasteiger partial charge in [-0.2, -0.15) is 0 Å². The van der Waals surface area contributed by atoms with Crippen molar-refractivity contribution in [3.8, 4) is 16.9 Å². The molecule has 0 spiro atoms. The zero-order chi connectivity index (χ0) is 29.0. The maximum Gasteiger partial charge on any atom is 0.171 e. The lowest BCUT2D eigenvalue weighted by molar-refractivity contribution is 0.417. The van der Waals surface area contributed by atoms with Gasteiger partial charge >= 0.3 is 0 Å². The quantitative estimate of drug-likeness (QED) is 0.189. The summed E-state index contributed by atoms with van der Waals surface area (Å²) < 4.78 is 37.2. The van der Waals surface area contributed by atoms with E-state index >= 15 is 9.13 Å². The molecule has 206 valence electrons. The van der Waals surface area contributed by atoms with Crippen LogP contribution in [0.4, 0.5) is 0 Å². The van der Waals surface area contributed by atoms with Gasteiger partial charge in [-0.1, -0.05) is 152 Å². The first kappa shape index (κ1) is 27.7. The van der Waals surface area contributed by atoms with Crippen LogP contribution in [0.1, 0.15) is 0 Å². The lowest BCUT2D eigenvalue weighted by Crippen LogP contribution is -2.29. The van der Waals surface area contributed by atoms with Crippen molar-refractivity contribution in [1.82, 2.24) is 0 Å². The Balaban J connectivity index is 1.72. The average Bonchev–Trinajstić information content (AvgIpc) is 3.08. The van der Waals surface area contributed by atoms with Crippen molar-refractivity contribution in [2.75, 3.05) is 7.11 Å². The largest absolute Gasteiger partial charge is 0.496 e. The van der Waals surface area contributed by atoms with Crippen LogP contribution in [0.25, 0.3) is 11.1 Å². The second-order valence-electron chi connectivity index (χ2n) is 9.93. The third kappa shape index (κ3) is 4.76. The molecule has 3 nitrogen and oxygen atoms in total. The first-order chi connectivity index (χ1) is 20.6. The van der Waals surface area contributed by atoms with E-state index in [0.29, 0.717) is 21.9 Å². The Kier molecular flexibility index (Phi) is 7.81. The van der Waals surface area contributed by atoms with Crippen molar-refractivity contribution < 1.29 is 13.9 Å². The summed E-state index contributed by atoms with van der Waals surface area (Å²) in [4.78, 5) is 0. The number of methoxy groups -OCH3 is 1. The highest BCUT2D eigenvalue weighted by Crippen LogP contribution is 2.50. The summed E-state index contributed by atoms with van der Waals surface area (Å²) in [6.07, 6.45) is 0. The molecule has 0 saturated carbocycles. The van der Waals surface area contributed by atoms with E-state index in [1.807, 2.05) is 164 Å². The predicted molar refractivity (Wildman–Crippen MR) is 177 cm³/mol. The standard InChI is InChI=1S/C37H30O3P2/c1-40-34-26-16-28-36(42(39,31-21-10-4-11-22-31)32-23-12-5-13-24-32)37(34)33-25-14-15-27-35(33)41(38,29-17-6-2-7-18-29)30-19-8-3-9-20-30/h2-28H,1H3. The van der Waals surface area contributed by atoms with Gasteiger partial charge in [0, 0.05) is 37.4 Å². The molecule has 0 atom stereocenters. The molecule has 0 aliphatic carbocycles. The van der Waals surface area contributed by atoms with E-state index in [9.17, 15) is 0 Å². The predicted octanol–water partition coefficient (Wildman–Crippen LogP) is 6.64. The zero-order valence-corrected chi connectivity index (χ0v) is 25.0. The number of benzene rings is 6. The summed E-state index contributed by atoms with van der Waals surface area (Å²) in [5.41, 5.74) is 1.41. The lowest BCUT2D eigenvalue weighted by atomic mass is 10.0. The summed E-state index contributed by atoms with van der Waals surface area (Å²) in [5, 5.41) is 4.21. The molecule has 0 heterocycles. The van der Waals surface area contributed by atoms with Gasteiger partial charge in [0.15, 0.2) is 14.3 Å². The zero-order valence-electron chi connectivity index (χ0n) is 23.2. The fourth-order valence-corrected chi connectivity index (χ4v) is 11.3. The number of rotatable bonds is 8. The number of ether oxygens (including phenoxy) is 1. The highest BCUT2D eigenvalue weighted by molar-refractivity contribution is 7.86. The second-order valence-corrected chi connectivity index (χ2v) is 15.4. The van der Waals surface area contributed by atoms with E-state index in [4.69, 9.17) is 4.74 Å². The maximum absolute atomic E-state index is 15.7. The second kappa shape index (κ2) is 11.8. The molecule has 0 amide bonds. The van der Waals surface area contributed by atoms with Gasteiger partial charge in [0.2, 0.25) is 0 Å². The Morgan fingerprint density at radius 2 is 0.762 bits per heavy atom. The van der Waals surface area contributed by atoms with Crippen molar-refractivity contribution in [2.24, 2.45) is 0 Å². The van der Waals surface area contributed by atoms with E-state index in [1.54, 1.807) is 7.11 Å². The molecule has 0 fully saturated rings. The lowest BCUT2D eigenvalue weighted by Gasteiger charge is -2.27. The van der Waals surface area contributed by atoms with E-state index in [-0.39, 0.29) is 0 Å². The van der Waals surface area contributed by atoms with Gasteiger partial charge in [-0.25, -0.2) is 0 Å². The SMILES string of the molecule is COc1cccc(P(=O)(c2ccccc2)c2ccccc2)c1-c1ccccc1P(=O)(c1ccccc1)c1ccccc1. The van der Waals surface area contributed by atoms with Gasteiger partial charge in [-0.3, -0.25) is 0 Å². The van der Waals surface area contributed by atoms with Gasteiger partial charge in [0.1, 0.15) is 5.75 Å². The van der Waals surface area contributed by atoms with Gasteiger partial charge in [-0.15, -0.1) is 0 Å². The Morgan fingerprint density at radius 1 is 0.405 bits per heavy atom. The molecule has 0 unspecified atom stereocenters. The molecule has 0 aromatic heterocycles. The molecule has 0 N–H and O–H groups in total. The summed E-state index contributed by atoms with van der Waals surface area (Å²) >= 11 is 0. The maximum atomic E-state index is 15.7. The molecule has 6 aromatic rings. The third-order valence-corrected chi connectivity index (χ3v) is 13.8. The molecular formula is C37H30O3P2. The van der Waals surface area contributed by atoms with E-state index in [0.717, 1.165) is 26.8 Å². The fraction of sp³-hybridized carbons (Fsp3) is 0.0270. The summed E-state index contributed by atoms with van der Waals surface area (Å²) in [6, 6.07) is 51.8. The Labute approximate surface area is 247 Å². The number of hydrogen-bond acceptors (Lipinski definition) is 3. The topological polar surface area (TPSA) is 43.4 Å². The van der Waals surface area contributed by atoms with Gasteiger partial charge < -0.3 is 13.9 Å². The van der Waals surface area contributed by atoms with Crippen molar-refractivity contribution in [3.05, 3.63) is 164 Å². The molecule has 5 heteroatoms. The van der Waals surface area contributed by atoms with Gasteiger partial charge in [-0.05, 0) is 17.7 Å². The van der Waals surface area contributed by atoms with Crippen LogP contribution in [0.5, 0.6) is 5.75 Å². The molecule has 0 bridgehead atoms. The smallest absolute Gasteiger partial charge is 0.171 e. The van der Waals surface area contributed by atoms with Crippen molar-refractivity contribution in [2.45, 2.75) is 0 Å². The minimum absolute atomic E-state index is 0.569. The highest BCUT2D eigenvalue weighted by atomic mass is 31.2. The molecule has 0 aliphatic heterocycles. The summed E-state index contributed by atoms with van der Waals surface area (Å²) in [7, 11) is -5.16. The fourth-order valence-electron chi connectivity index (χ4n) is 5.59. The van der Waals surface area contributed by atoms with E-state index < -0.39 is 14.3 Å². The van der Waals surface area contributed by atoms with Crippen LogP contribution < -0.4 is 36.6 Å². The first-order valence-corrected chi connectivity index (χ1v) is 17.2. The van der Waals surface area contributed by atoms with Crippen LogP contribution in [0.15, 0.2) is 164 Å². The van der Waals surface area contributed by atoms with Crippen LogP contribution in [0.3, 0.4) is 0 Å². The Bertz CT molecular complexity index is 1820. The molecule has 42 heavy (non-hydrogen) atoms. The minimum atomic E-state index is -3.41. The molecule has 0 radical (unpaired) electrons. The van der Waals surface area contributed by atoms with Crippen LogP contribution in [-0.2, 0) is 9.13 Å². The molecule has 0 saturated heterocycles. The highest BCUT2D eigenvalue weighted by Gasteiger charge is 2.37. The average molecular weight is 585 g/mol. The van der Waals surface area contributed by atoms with Crippen LogP contribution in [-0.4, -0.2) is 7.11 Å². The molecule has 6 rings (SSSR count). The molecular weight excluding hydrogens is 554 g/mol. The Hall–Kier alpha value is -4.42. The van der Waals surface area contributed by atoms with Crippen LogP contribution in [0.2, 0.25) is 0 Å². The summed E-state index contributed by atoms with van der Waals surface area (Å²) in [6.45, 7) is 0. The Morgan fingerprint density at radius 3 is 1.19 bits per heavy atom. The van der Waals surface area contributed by atoms with Gasteiger partial charge in [0.25, 0.3) is 0 Å². The number of hydrogen-bond donors (Lipinski definition) is 0. The van der Waals surface area contributed by atoms with E-state index in [1.165, 1.54) is 0 Å². The van der Waals surface area contributed by atoms with Gasteiger partial charge in [0.05, 0.1) is 7.11 Å². The summed E-state index contributed by atoms with van der Waals surface area (Å²) in [5.74, 6) is 0.569. The molecule has 6 aromatic carbocycles. The molecule has 0 aliphatic rings. The van der Waals surface area contributed by atoms with Crippen molar-refractivity contribution in [3.63, 3.8) is 0 Å². The first-order valence-electron chi connectivity index (χ1n) is 13.8. The minimum Gasteiger partial charge on any atom is -0.496 e. The van der Waals surface area contributed by atoms with E-state index in [2.05, 4.69) is 0 Å². The third-order valence-electron chi connectivity index (χ3n) is 7.56. The van der Waals surface area contributed by atoms with Crippen molar-refractivity contribution >= 4 is 46.1 Å². The monoisotopic (exact) mass is 584 g/mol. The van der Waals surface area contributed by atoms with Crippen LogP contribution in [0, 0.1) is 0 Å². The van der Waals surface area contributed by atoms with Crippen molar-refractivity contribution in [1.29, 1.82) is 0 Å².